The summed E-state index contributed by atoms with van der Waals surface area (Å²) < 4.78 is 0.937. The predicted octanol–water partition coefficient (Wildman–Crippen LogP) is 1.89. The molecule has 0 aliphatic carbocycles. The topological polar surface area (TPSA) is 32.3 Å². The van der Waals surface area contributed by atoms with Crippen molar-refractivity contribution in [1.29, 1.82) is 0 Å². The van der Waals surface area contributed by atoms with Crippen LogP contribution < -0.4 is 5.32 Å². The predicted molar refractivity (Wildman–Crippen MR) is 55.9 cm³/mol. The van der Waals surface area contributed by atoms with Crippen LogP contribution in [0.2, 0.25) is 5.02 Å². The van der Waals surface area contributed by atoms with E-state index in [0.717, 1.165) is 10.0 Å². The summed E-state index contributed by atoms with van der Waals surface area (Å²) in [6, 6.07) is 5.52. The standard InChI is InChI=1S/C9H9BrClNO/c10-6-1-2-8(11)7(3-6)9(13)4-12-5-9/h1-3,12-13H,4-5H2. The van der Waals surface area contributed by atoms with Crippen molar-refractivity contribution in [3.8, 4) is 0 Å². The van der Waals surface area contributed by atoms with E-state index in [2.05, 4.69) is 21.2 Å². The fourth-order valence-corrected chi connectivity index (χ4v) is 2.06. The summed E-state index contributed by atoms with van der Waals surface area (Å²) in [5, 5.41) is 13.7. The minimum absolute atomic E-state index is 0.573. The Morgan fingerprint density at radius 1 is 1.46 bits per heavy atom. The first-order valence-electron chi connectivity index (χ1n) is 4.00. The lowest BCUT2D eigenvalue weighted by molar-refractivity contribution is -0.0146. The molecule has 2 rings (SSSR count). The van der Waals surface area contributed by atoms with Crippen LogP contribution in [0.15, 0.2) is 22.7 Å². The molecule has 70 valence electrons. The van der Waals surface area contributed by atoms with Crippen LogP contribution in [-0.2, 0) is 5.60 Å². The molecule has 2 nitrogen and oxygen atoms in total. The van der Waals surface area contributed by atoms with Gasteiger partial charge in [-0.1, -0.05) is 27.5 Å². The van der Waals surface area contributed by atoms with Gasteiger partial charge in [0.25, 0.3) is 0 Å². The zero-order valence-electron chi connectivity index (χ0n) is 6.85. The Hall–Kier alpha value is -0.0900. The number of halogens is 2. The largest absolute Gasteiger partial charge is 0.382 e. The van der Waals surface area contributed by atoms with Crippen molar-refractivity contribution in [2.75, 3.05) is 13.1 Å². The Morgan fingerprint density at radius 2 is 2.15 bits per heavy atom. The fraction of sp³-hybridized carbons (Fsp3) is 0.333. The number of rotatable bonds is 1. The summed E-state index contributed by atoms with van der Waals surface area (Å²) in [6.45, 7) is 1.15. The highest BCUT2D eigenvalue weighted by Crippen LogP contribution is 2.33. The Morgan fingerprint density at radius 3 is 2.69 bits per heavy atom. The van der Waals surface area contributed by atoms with Crippen molar-refractivity contribution >= 4 is 27.5 Å². The van der Waals surface area contributed by atoms with E-state index in [1.165, 1.54) is 0 Å². The number of hydrogen-bond donors (Lipinski definition) is 2. The van der Waals surface area contributed by atoms with E-state index in [1.54, 1.807) is 6.07 Å². The molecule has 1 heterocycles. The molecule has 1 aromatic carbocycles. The van der Waals surface area contributed by atoms with Crippen molar-refractivity contribution in [3.05, 3.63) is 33.3 Å². The van der Waals surface area contributed by atoms with Gasteiger partial charge in [0.2, 0.25) is 0 Å². The molecule has 0 aromatic heterocycles. The molecule has 0 saturated carbocycles. The highest BCUT2D eigenvalue weighted by atomic mass is 79.9. The molecule has 1 saturated heterocycles. The van der Waals surface area contributed by atoms with Gasteiger partial charge in [-0.15, -0.1) is 0 Å². The number of nitrogens with one attached hydrogen (secondary N) is 1. The van der Waals surface area contributed by atoms with E-state index < -0.39 is 5.60 Å². The average Bonchev–Trinajstić information content (AvgIpc) is 2.05. The Bertz CT molecular complexity index is 338. The maximum Gasteiger partial charge on any atom is 0.116 e. The van der Waals surface area contributed by atoms with E-state index in [1.807, 2.05) is 12.1 Å². The maximum atomic E-state index is 10.0. The molecule has 0 amide bonds. The number of aliphatic hydroxyl groups is 1. The van der Waals surface area contributed by atoms with Gasteiger partial charge in [0.15, 0.2) is 0 Å². The summed E-state index contributed by atoms with van der Waals surface area (Å²) in [6.07, 6.45) is 0. The van der Waals surface area contributed by atoms with Crippen molar-refractivity contribution < 1.29 is 5.11 Å². The van der Waals surface area contributed by atoms with Crippen LogP contribution in [0.25, 0.3) is 0 Å². The lowest BCUT2D eigenvalue weighted by atomic mass is 9.88. The number of benzene rings is 1. The highest BCUT2D eigenvalue weighted by molar-refractivity contribution is 9.10. The molecule has 1 aromatic rings. The van der Waals surface area contributed by atoms with Crippen molar-refractivity contribution in [3.63, 3.8) is 0 Å². The van der Waals surface area contributed by atoms with Crippen LogP contribution in [-0.4, -0.2) is 18.2 Å². The fourth-order valence-electron chi connectivity index (χ4n) is 1.41. The first-order chi connectivity index (χ1) is 6.12. The molecule has 4 heteroatoms. The normalized spacial score (nSPS) is 19.6. The summed E-state index contributed by atoms with van der Waals surface area (Å²) in [5.74, 6) is 0. The van der Waals surface area contributed by atoms with Crippen molar-refractivity contribution in [2.45, 2.75) is 5.60 Å². The van der Waals surface area contributed by atoms with Crippen LogP contribution in [0.4, 0.5) is 0 Å². The van der Waals surface area contributed by atoms with Gasteiger partial charge >= 0.3 is 0 Å². The second-order valence-corrected chi connectivity index (χ2v) is 4.58. The average molecular weight is 263 g/mol. The summed E-state index contributed by atoms with van der Waals surface area (Å²) in [5.41, 5.74) is 0.0169. The zero-order valence-corrected chi connectivity index (χ0v) is 9.19. The summed E-state index contributed by atoms with van der Waals surface area (Å²) in [7, 11) is 0. The monoisotopic (exact) mass is 261 g/mol. The van der Waals surface area contributed by atoms with Gasteiger partial charge in [0.1, 0.15) is 5.60 Å². The molecule has 0 unspecified atom stereocenters. The lowest BCUT2D eigenvalue weighted by Gasteiger charge is -2.38. The minimum Gasteiger partial charge on any atom is -0.382 e. The molecule has 1 aliphatic rings. The van der Waals surface area contributed by atoms with E-state index >= 15 is 0 Å². The second-order valence-electron chi connectivity index (χ2n) is 3.26. The van der Waals surface area contributed by atoms with Gasteiger partial charge in [-0.3, -0.25) is 0 Å². The van der Waals surface area contributed by atoms with E-state index in [-0.39, 0.29) is 0 Å². The molecule has 2 N–H and O–H groups in total. The first kappa shape index (κ1) is 9.46. The van der Waals surface area contributed by atoms with Crippen LogP contribution in [0.5, 0.6) is 0 Å². The SMILES string of the molecule is OC1(c2cc(Br)ccc2Cl)CNC1. The highest BCUT2D eigenvalue weighted by Gasteiger charge is 2.37. The van der Waals surface area contributed by atoms with Crippen molar-refractivity contribution in [1.82, 2.24) is 5.32 Å². The van der Waals surface area contributed by atoms with Gasteiger partial charge in [-0.05, 0) is 18.2 Å². The quantitative estimate of drug-likeness (QED) is 0.810. The van der Waals surface area contributed by atoms with Crippen molar-refractivity contribution in [2.24, 2.45) is 0 Å². The summed E-state index contributed by atoms with van der Waals surface area (Å²) >= 11 is 9.34. The van der Waals surface area contributed by atoms with Gasteiger partial charge in [0, 0.05) is 28.1 Å². The van der Waals surface area contributed by atoms with Gasteiger partial charge in [-0.25, -0.2) is 0 Å². The number of hydrogen-bond acceptors (Lipinski definition) is 2. The molecule has 1 aliphatic heterocycles. The van der Waals surface area contributed by atoms with Crippen LogP contribution in [0.1, 0.15) is 5.56 Å². The van der Waals surface area contributed by atoms with Crippen LogP contribution in [0, 0.1) is 0 Å². The maximum absolute atomic E-state index is 10.0. The van der Waals surface area contributed by atoms with Gasteiger partial charge in [0.05, 0.1) is 0 Å². The second kappa shape index (κ2) is 3.24. The molecule has 0 radical (unpaired) electrons. The molecule has 13 heavy (non-hydrogen) atoms. The molecule has 0 atom stereocenters. The molecule has 0 bridgehead atoms. The Labute approximate surface area is 90.0 Å². The van der Waals surface area contributed by atoms with Crippen LogP contribution in [0.3, 0.4) is 0 Å². The Balaban J connectivity index is 2.43. The van der Waals surface area contributed by atoms with Crippen LogP contribution >= 0.6 is 27.5 Å². The van der Waals surface area contributed by atoms with E-state index in [0.29, 0.717) is 18.1 Å². The third-order valence-electron chi connectivity index (χ3n) is 2.26. The molecule has 0 spiro atoms. The van der Waals surface area contributed by atoms with Gasteiger partial charge < -0.3 is 10.4 Å². The summed E-state index contributed by atoms with van der Waals surface area (Å²) in [4.78, 5) is 0. The molecule has 1 fully saturated rings. The smallest absolute Gasteiger partial charge is 0.116 e. The van der Waals surface area contributed by atoms with Gasteiger partial charge in [-0.2, -0.15) is 0 Å². The molecular formula is C9H9BrClNO. The lowest BCUT2D eigenvalue weighted by Crippen LogP contribution is -2.56. The first-order valence-corrected chi connectivity index (χ1v) is 5.17. The Kier molecular flexibility index (Phi) is 2.36. The third kappa shape index (κ3) is 1.62. The third-order valence-corrected chi connectivity index (χ3v) is 3.09. The zero-order chi connectivity index (χ0) is 9.47. The van der Waals surface area contributed by atoms with E-state index in [9.17, 15) is 5.11 Å². The minimum atomic E-state index is -0.777. The molecular weight excluding hydrogens is 253 g/mol. The number of β-amino-alcohol motifs (C(OH)–C–C–N with tert-alkyl or cyclic N) is 1. The van der Waals surface area contributed by atoms with E-state index in [4.69, 9.17) is 11.6 Å².